The molecule has 0 atom stereocenters. The maximum atomic E-state index is 12.6. The van der Waals surface area contributed by atoms with Gasteiger partial charge in [-0.15, -0.1) is 10.2 Å². The maximum absolute atomic E-state index is 12.6. The lowest BCUT2D eigenvalue weighted by Gasteiger charge is -2.32. The Morgan fingerprint density at radius 2 is 1.73 bits per heavy atom. The smallest absolute Gasteiger partial charge is 0.309 e. The average Bonchev–Trinajstić information content (AvgIpc) is 3.32. The van der Waals surface area contributed by atoms with E-state index in [1.54, 1.807) is 12.1 Å². The Labute approximate surface area is 193 Å². The second-order valence-electron chi connectivity index (χ2n) is 8.23. The van der Waals surface area contributed by atoms with Crippen molar-refractivity contribution in [3.8, 4) is 11.5 Å². The quantitative estimate of drug-likeness (QED) is 0.566. The summed E-state index contributed by atoms with van der Waals surface area (Å²) in [5.74, 6) is -0.351. The zero-order chi connectivity index (χ0) is 23.4. The van der Waals surface area contributed by atoms with Crippen molar-refractivity contribution < 1.29 is 17.6 Å². The van der Waals surface area contributed by atoms with Crippen LogP contribution in [0.5, 0.6) is 0 Å². The number of carbonyl (C=O) groups excluding carboxylic acids is 1. The molecule has 0 saturated carbocycles. The van der Waals surface area contributed by atoms with Gasteiger partial charge in [-0.2, -0.15) is 0 Å². The number of hydrogen-bond donors (Lipinski definition) is 1. The molecule has 10 heteroatoms. The van der Waals surface area contributed by atoms with E-state index in [1.165, 1.54) is 31.8 Å². The summed E-state index contributed by atoms with van der Waals surface area (Å²) >= 11 is 0. The lowest BCUT2D eigenvalue weighted by Crippen LogP contribution is -2.44. The highest BCUT2D eigenvalue weighted by atomic mass is 32.2. The molecule has 1 N–H and O–H groups in total. The zero-order valence-corrected chi connectivity index (χ0v) is 19.5. The van der Waals surface area contributed by atoms with Crippen LogP contribution in [0, 0.1) is 0 Å². The fraction of sp³-hybridized carbons (Fsp3) is 0.348. The Morgan fingerprint density at radius 1 is 1.06 bits per heavy atom. The minimum absolute atomic E-state index is 0.0513. The van der Waals surface area contributed by atoms with Crippen molar-refractivity contribution in [2.24, 2.45) is 0 Å². The molecule has 0 spiro atoms. The van der Waals surface area contributed by atoms with Crippen LogP contribution in [0.4, 0.5) is 0 Å². The first-order valence-electron chi connectivity index (χ1n) is 10.8. The van der Waals surface area contributed by atoms with E-state index in [1.807, 2.05) is 18.2 Å². The van der Waals surface area contributed by atoms with Gasteiger partial charge in [-0.05, 0) is 42.7 Å². The number of nitrogens with zero attached hydrogens (tertiary/aromatic N) is 4. The summed E-state index contributed by atoms with van der Waals surface area (Å²) in [5, 5.41) is 10.8. The van der Waals surface area contributed by atoms with Crippen LogP contribution in [0.2, 0.25) is 0 Å². The molecule has 33 heavy (non-hydrogen) atoms. The van der Waals surface area contributed by atoms with Gasteiger partial charge < -0.3 is 9.73 Å². The molecule has 0 bridgehead atoms. The minimum atomic E-state index is -3.52. The fourth-order valence-electron chi connectivity index (χ4n) is 3.74. The standard InChI is InChI=1S/C23H27N5O4S/c1-27(2)33(30,31)20-10-8-18(9-11-20)22-25-26-23(32-22)21(29)24-19-12-14-28(15-13-19)16-17-6-4-3-5-7-17/h3-11,19H,12-16H2,1-2H3,(H,24,29). The lowest BCUT2D eigenvalue weighted by molar-refractivity contribution is 0.0874. The molecule has 2 aromatic carbocycles. The SMILES string of the molecule is CN(C)S(=O)(=O)c1ccc(-c2nnc(C(=O)NC3CCN(Cc4ccccc4)CC3)o2)cc1. The zero-order valence-electron chi connectivity index (χ0n) is 18.6. The Balaban J connectivity index is 1.32. The number of likely N-dealkylation sites (tertiary alicyclic amines) is 1. The number of piperidine rings is 1. The summed E-state index contributed by atoms with van der Waals surface area (Å²) in [4.78, 5) is 15.1. The molecule has 1 amide bonds. The fourth-order valence-corrected chi connectivity index (χ4v) is 4.64. The van der Waals surface area contributed by atoms with Crippen LogP contribution in [-0.4, -0.2) is 67.0 Å². The van der Waals surface area contributed by atoms with Crippen molar-refractivity contribution in [3.63, 3.8) is 0 Å². The van der Waals surface area contributed by atoms with Crippen LogP contribution >= 0.6 is 0 Å². The highest BCUT2D eigenvalue weighted by Gasteiger charge is 2.24. The summed E-state index contributed by atoms with van der Waals surface area (Å²) in [5.41, 5.74) is 1.82. The molecule has 1 aliphatic heterocycles. The Kier molecular flexibility index (Phi) is 6.87. The third-order valence-corrected chi connectivity index (χ3v) is 7.50. The van der Waals surface area contributed by atoms with Crippen molar-refractivity contribution in [1.29, 1.82) is 0 Å². The third-order valence-electron chi connectivity index (χ3n) is 5.67. The highest BCUT2D eigenvalue weighted by Crippen LogP contribution is 2.22. The monoisotopic (exact) mass is 469 g/mol. The summed E-state index contributed by atoms with van der Waals surface area (Å²) < 4.78 is 31.1. The van der Waals surface area contributed by atoms with Gasteiger partial charge in [-0.25, -0.2) is 12.7 Å². The molecule has 0 unspecified atom stereocenters. The third kappa shape index (κ3) is 5.47. The van der Waals surface area contributed by atoms with E-state index in [0.717, 1.165) is 36.8 Å². The van der Waals surface area contributed by atoms with Crippen LogP contribution in [0.15, 0.2) is 63.9 Å². The molecule has 1 fully saturated rings. The van der Waals surface area contributed by atoms with E-state index in [-0.39, 0.29) is 22.7 Å². The number of hydrogen-bond acceptors (Lipinski definition) is 7. The molecule has 174 valence electrons. The van der Waals surface area contributed by atoms with Gasteiger partial charge in [0.1, 0.15) is 0 Å². The number of amides is 1. The summed E-state index contributed by atoms with van der Waals surface area (Å²) in [6.07, 6.45) is 1.70. The van der Waals surface area contributed by atoms with E-state index in [0.29, 0.717) is 5.56 Å². The predicted molar refractivity (Wildman–Crippen MR) is 123 cm³/mol. The first-order valence-corrected chi connectivity index (χ1v) is 12.2. The molecule has 4 rings (SSSR count). The lowest BCUT2D eigenvalue weighted by atomic mass is 10.0. The predicted octanol–water partition coefficient (Wildman–Crippen LogP) is 2.38. The number of carbonyl (C=O) groups is 1. The topological polar surface area (TPSA) is 109 Å². The Morgan fingerprint density at radius 3 is 2.36 bits per heavy atom. The van der Waals surface area contributed by atoms with Gasteiger partial charge in [0, 0.05) is 45.3 Å². The van der Waals surface area contributed by atoms with E-state index in [9.17, 15) is 13.2 Å². The van der Waals surface area contributed by atoms with Gasteiger partial charge in [0.05, 0.1) is 4.90 Å². The second kappa shape index (κ2) is 9.82. The minimum Gasteiger partial charge on any atom is -0.412 e. The summed E-state index contributed by atoms with van der Waals surface area (Å²) in [6, 6.07) is 16.5. The molecule has 1 aromatic heterocycles. The van der Waals surface area contributed by atoms with Gasteiger partial charge in [-0.1, -0.05) is 30.3 Å². The van der Waals surface area contributed by atoms with Crippen LogP contribution in [0.1, 0.15) is 29.1 Å². The highest BCUT2D eigenvalue weighted by molar-refractivity contribution is 7.89. The number of benzene rings is 2. The summed E-state index contributed by atoms with van der Waals surface area (Å²) in [7, 11) is -0.580. The van der Waals surface area contributed by atoms with E-state index in [4.69, 9.17) is 4.42 Å². The molecule has 1 aliphatic rings. The Bertz CT molecular complexity index is 1190. The van der Waals surface area contributed by atoms with Crippen molar-refractivity contribution in [2.75, 3.05) is 27.2 Å². The van der Waals surface area contributed by atoms with E-state index in [2.05, 4.69) is 32.5 Å². The maximum Gasteiger partial charge on any atom is 0.309 e. The van der Waals surface area contributed by atoms with Crippen LogP contribution in [0.3, 0.4) is 0 Å². The van der Waals surface area contributed by atoms with Gasteiger partial charge in [0.25, 0.3) is 0 Å². The van der Waals surface area contributed by atoms with Crippen LogP contribution in [0.25, 0.3) is 11.5 Å². The Hall–Kier alpha value is -3.08. The van der Waals surface area contributed by atoms with Gasteiger partial charge >= 0.3 is 11.8 Å². The first-order chi connectivity index (χ1) is 15.8. The molecule has 0 aliphatic carbocycles. The van der Waals surface area contributed by atoms with Gasteiger partial charge in [-0.3, -0.25) is 9.69 Å². The van der Waals surface area contributed by atoms with Gasteiger partial charge in [0.2, 0.25) is 15.9 Å². The number of sulfonamides is 1. The number of aromatic nitrogens is 2. The summed E-state index contributed by atoms with van der Waals surface area (Å²) in [6.45, 7) is 2.71. The van der Waals surface area contributed by atoms with Crippen molar-refractivity contribution >= 4 is 15.9 Å². The second-order valence-corrected chi connectivity index (χ2v) is 10.4. The first kappa shape index (κ1) is 23.1. The molecular weight excluding hydrogens is 442 g/mol. The molecule has 9 nitrogen and oxygen atoms in total. The molecule has 0 radical (unpaired) electrons. The molecule has 1 saturated heterocycles. The average molecular weight is 470 g/mol. The number of rotatable bonds is 7. The molecule has 3 aromatic rings. The molecular formula is C23H27N5O4S. The van der Waals surface area contributed by atoms with Gasteiger partial charge in [0.15, 0.2) is 0 Å². The van der Waals surface area contributed by atoms with Crippen LogP contribution in [-0.2, 0) is 16.6 Å². The van der Waals surface area contributed by atoms with Crippen molar-refractivity contribution in [1.82, 2.24) is 24.7 Å². The normalized spacial score (nSPS) is 15.6. The number of nitrogens with one attached hydrogen (secondary N) is 1. The van der Waals surface area contributed by atoms with Crippen molar-refractivity contribution in [3.05, 3.63) is 66.1 Å². The largest absolute Gasteiger partial charge is 0.412 e. The van der Waals surface area contributed by atoms with Crippen LogP contribution < -0.4 is 5.32 Å². The van der Waals surface area contributed by atoms with Crippen molar-refractivity contribution in [2.45, 2.75) is 30.3 Å². The van der Waals surface area contributed by atoms with E-state index >= 15 is 0 Å². The molecule has 2 heterocycles. The van der Waals surface area contributed by atoms with E-state index < -0.39 is 15.9 Å².